The van der Waals surface area contributed by atoms with Crippen molar-refractivity contribution >= 4 is 23.6 Å². The molecule has 0 unspecified atom stereocenters. The SMILES string of the molecule is COc1ccc(C(=O)N2CCN(C(C)=O)C[C@@H]2C(=O)N[C@H]2CCCNC2=O)cc1. The summed E-state index contributed by atoms with van der Waals surface area (Å²) in [4.78, 5) is 52.9. The summed E-state index contributed by atoms with van der Waals surface area (Å²) in [7, 11) is 1.54. The second-order valence-corrected chi connectivity index (χ2v) is 7.20. The Morgan fingerprint density at radius 1 is 1.17 bits per heavy atom. The Balaban J connectivity index is 1.79. The molecule has 9 nitrogen and oxygen atoms in total. The number of nitrogens with zero attached hydrogens (tertiary/aromatic N) is 2. The van der Waals surface area contributed by atoms with Gasteiger partial charge < -0.3 is 25.2 Å². The molecule has 1 aromatic rings. The van der Waals surface area contributed by atoms with Crippen LogP contribution in [0.15, 0.2) is 24.3 Å². The zero-order valence-electron chi connectivity index (χ0n) is 16.6. The molecular formula is C20H26N4O5. The number of ether oxygens (including phenoxy) is 1. The Morgan fingerprint density at radius 3 is 2.52 bits per heavy atom. The number of amides is 4. The molecule has 29 heavy (non-hydrogen) atoms. The Labute approximate surface area is 169 Å². The lowest BCUT2D eigenvalue weighted by atomic mass is 10.0. The van der Waals surface area contributed by atoms with Crippen LogP contribution in [-0.2, 0) is 14.4 Å². The lowest BCUT2D eigenvalue weighted by Gasteiger charge is -2.40. The molecule has 0 aromatic heterocycles. The number of nitrogens with one attached hydrogen (secondary N) is 2. The van der Waals surface area contributed by atoms with Crippen molar-refractivity contribution in [1.29, 1.82) is 0 Å². The molecule has 2 fully saturated rings. The van der Waals surface area contributed by atoms with Gasteiger partial charge in [-0.2, -0.15) is 0 Å². The van der Waals surface area contributed by atoms with E-state index in [1.165, 1.54) is 11.8 Å². The highest BCUT2D eigenvalue weighted by Gasteiger charge is 2.38. The van der Waals surface area contributed by atoms with Gasteiger partial charge in [-0.25, -0.2) is 0 Å². The van der Waals surface area contributed by atoms with Crippen LogP contribution < -0.4 is 15.4 Å². The van der Waals surface area contributed by atoms with Gasteiger partial charge in [-0.1, -0.05) is 0 Å². The van der Waals surface area contributed by atoms with E-state index in [2.05, 4.69) is 10.6 Å². The van der Waals surface area contributed by atoms with Gasteiger partial charge in [0.1, 0.15) is 17.8 Å². The van der Waals surface area contributed by atoms with E-state index in [4.69, 9.17) is 4.74 Å². The number of piperidine rings is 1. The Bertz CT molecular complexity index is 795. The first-order valence-corrected chi connectivity index (χ1v) is 9.69. The van der Waals surface area contributed by atoms with E-state index in [9.17, 15) is 19.2 Å². The third-order valence-corrected chi connectivity index (χ3v) is 5.33. The molecule has 4 amide bonds. The monoisotopic (exact) mass is 402 g/mol. The van der Waals surface area contributed by atoms with Gasteiger partial charge in [0.05, 0.1) is 13.7 Å². The lowest BCUT2D eigenvalue weighted by Crippen LogP contribution is -2.63. The molecule has 9 heteroatoms. The predicted octanol–water partition coefficient (Wildman–Crippen LogP) is -0.237. The van der Waals surface area contributed by atoms with Crippen LogP contribution in [0.5, 0.6) is 5.75 Å². The third-order valence-electron chi connectivity index (χ3n) is 5.33. The van der Waals surface area contributed by atoms with Crippen molar-refractivity contribution in [1.82, 2.24) is 20.4 Å². The summed E-state index contributed by atoms with van der Waals surface area (Å²) in [5, 5.41) is 5.48. The van der Waals surface area contributed by atoms with Crippen LogP contribution in [0.25, 0.3) is 0 Å². The number of piperazine rings is 1. The molecule has 0 bridgehead atoms. The minimum Gasteiger partial charge on any atom is -0.497 e. The van der Waals surface area contributed by atoms with Gasteiger partial charge in [-0.3, -0.25) is 19.2 Å². The van der Waals surface area contributed by atoms with Crippen molar-refractivity contribution in [3.05, 3.63) is 29.8 Å². The van der Waals surface area contributed by atoms with Crippen molar-refractivity contribution in [2.75, 3.05) is 33.3 Å². The average Bonchev–Trinajstić information content (AvgIpc) is 2.74. The van der Waals surface area contributed by atoms with Crippen LogP contribution >= 0.6 is 0 Å². The van der Waals surface area contributed by atoms with Gasteiger partial charge in [0.15, 0.2) is 0 Å². The zero-order valence-corrected chi connectivity index (χ0v) is 16.6. The van der Waals surface area contributed by atoms with E-state index >= 15 is 0 Å². The molecule has 0 spiro atoms. The van der Waals surface area contributed by atoms with Crippen molar-refractivity contribution in [2.24, 2.45) is 0 Å². The highest BCUT2D eigenvalue weighted by Crippen LogP contribution is 2.18. The minimum atomic E-state index is -0.864. The van der Waals surface area contributed by atoms with Crippen LogP contribution in [0.3, 0.4) is 0 Å². The van der Waals surface area contributed by atoms with Crippen LogP contribution in [0, 0.1) is 0 Å². The van der Waals surface area contributed by atoms with Crippen LogP contribution in [0.1, 0.15) is 30.1 Å². The number of hydrogen-bond acceptors (Lipinski definition) is 5. The number of carbonyl (C=O) groups is 4. The Hall–Kier alpha value is -3.10. The van der Waals surface area contributed by atoms with Gasteiger partial charge in [-0.15, -0.1) is 0 Å². The summed E-state index contributed by atoms with van der Waals surface area (Å²) in [5.41, 5.74) is 0.426. The minimum absolute atomic E-state index is 0.0946. The summed E-state index contributed by atoms with van der Waals surface area (Å²) in [6.45, 7) is 2.71. The predicted molar refractivity (Wildman–Crippen MR) is 104 cm³/mol. The van der Waals surface area contributed by atoms with Crippen molar-refractivity contribution in [2.45, 2.75) is 31.8 Å². The van der Waals surface area contributed by atoms with Gasteiger partial charge in [0, 0.05) is 32.1 Å². The molecule has 2 heterocycles. The summed E-state index contributed by atoms with van der Waals surface area (Å²) < 4.78 is 5.12. The fraction of sp³-hybridized carbons (Fsp3) is 0.500. The van der Waals surface area contributed by atoms with E-state index in [-0.39, 0.29) is 30.8 Å². The van der Waals surface area contributed by atoms with Gasteiger partial charge in [0.2, 0.25) is 17.7 Å². The molecule has 156 valence electrons. The quantitative estimate of drug-likeness (QED) is 0.723. The number of benzene rings is 1. The molecule has 2 saturated heterocycles. The third kappa shape index (κ3) is 4.67. The molecule has 2 atom stereocenters. The highest BCUT2D eigenvalue weighted by molar-refractivity contribution is 5.99. The average molecular weight is 402 g/mol. The molecule has 0 radical (unpaired) electrons. The van der Waals surface area contributed by atoms with E-state index in [1.54, 1.807) is 36.3 Å². The molecule has 2 N–H and O–H groups in total. The van der Waals surface area contributed by atoms with Crippen molar-refractivity contribution < 1.29 is 23.9 Å². The molecule has 0 aliphatic carbocycles. The van der Waals surface area contributed by atoms with Crippen LogP contribution in [0.4, 0.5) is 0 Å². The summed E-state index contributed by atoms with van der Waals surface area (Å²) in [5.74, 6) is -0.490. The lowest BCUT2D eigenvalue weighted by molar-refractivity contribution is -0.137. The maximum absolute atomic E-state index is 13.1. The summed E-state index contributed by atoms with van der Waals surface area (Å²) >= 11 is 0. The number of carbonyl (C=O) groups excluding carboxylic acids is 4. The maximum atomic E-state index is 13.1. The van der Waals surface area contributed by atoms with Gasteiger partial charge in [-0.05, 0) is 37.1 Å². The first-order valence-electron chi connectivity index (χ1n) is 9.69. The van der Waals surface area contributed by atoms with E-state index in [1.807, 2.05) is 0 Å². The molecular weight excluding hydrogens is 376 g/mol. The zero-order chi connectivity index (χ0) is 21.0. The molecule has 0 saturated carbocycles. The molecule has 2 aliphatic rings. The number of hydrogen-bond donors (Lipinski definition) is 2. The fourth-order valence-electron chi connectivity index (χ4n) is 3.61. The van der Waals surface area contributed by atoms with Gasteiger partial charge >= 0.3 is 0 Å². The second-order valence-electron chi connectivity index (χ2n) is 7.20. The molecule has 1 aromatic carbocycles. The first kappa shape index (κ1) is 20.6. The largest absolute Gasteiger partial charge is 0.497 e. The van der Waals surface area contributed by atoms with Crippen molar-refractivity contribution in [3.63, 3.8) is 0 Å². The summed E-state index contributed by atoms with van der Waals surface area (Å²) in [6, 6.07) is 5.16. The Morgan fingerprint density at radius 2 is 1.90 bits per heavy atom. The summed E-state index contributed by atoms with van der Waals surface area (Å²) in [6.07, 6.45) is 1.32. The normalized spacial score (nSPS) is 21.9. The molecule has 2 aliphatic heterocycles. The smallest absolute Gasteiger partial charge is 0.254 e. The number of methoxy groups -OCH3 is 1. The van der Waals surface area contributed by atoms with E-state index in [0.717, 1.165) is 6.42 Å². The molecule has 3 rings (SSSR count). The second kappa shape index (κ2) is 8.93. The highest BCUT2D eigenvalue weighted by atomic mass is 16.5. The maximum Gasteiger partial charge on any atom is 0.254 e. The fourth-order valence-corrected chi connectivity index (χ4v) is 3.61. The van der Waals surface area contributed by atoms with Crippen LogP contribution in [0.2, 0.25) is 0 Å². The van der Waals surface area contributed by atoms with Crippen LogP contribution in [-0.4, -0.2) is 78.8 Å². The van der Waals surface area contributed by atoms with E-state index in [0.29, 0.717) is 30.8 Å². The standard InChI is InChI=1S/C20H26N4O5/c1-13(25)23-10-11-24(20(28)14-5-7-15(29-2)8-6-14)17(12-23)19(27)22-16-4-3-9-21-18(16)26/h5-8,16-17H,3-4,9-12H2,1-2H3,(H,21,26)(H,22,27)/t16-,17+/m0/s1. The van der Waals surface area contributed by atoms with Gasteiger partial charge in [0.25, 0.3) is 5.91 Å². The van der Waals surface area contributed by atoms with Crippen molar-refractivity contribution in [3.8, 4) is 5.75 Å². The Kier molecular flexibility index (Phi) is 6.36. The first-order chi connectivity index (χ1) is 13.9. The van der Waals surface area contributed by atoms with E-state index < -0.39 is 18.0 Å². The topological polar surface area (TPSA) is 108 Å². The number of rotatable bonds is 4.